The predicted octanol–water partition coefficient (Wildman–Crippen LogP) is 5.27. The zero-order chi connectivity index (χ0) is 20.9. The smallest absolute Gasteiger partial charge is 0.262 e. The zero-order valence-electron chi connectivity index (χ0n) is 16.8. The van der Waals surface area contributed by atoms with Crippen LogP contribution in [0.3, 0.4) is 0 Å². The first-order valence-electron chi connectivity index (χ1n) is 10.4. The third kappa shape index (κ3) is 4.97. The molecule has 4 rings (SSSR count). The molecular formula is C23H25Cl2N3O2. The highest BCUT2D eigenvalue weighted by molar-refractivity contribution is 6.32. The molecule has 0 N–H and O–H groups in total. The number of benzene rings is 1. The van der Waals surface area contributed by atoms with Crippen LogP contribution in [0.2, 0.25) is 5.02 Å². The van der Waals surface area contributed by atoms with Crippen LogP contribution < -0.4 is 4.74 Å². The molecule has 1 aromatic carbocycles. The maximum atomic E-state index is 12.9. The number of carbonyl (C=O) groups excluding carboxylic acids is 1. The number of amides is 1. The number of hydrogen-bond donors (Lipinski definition) is 0. The van der Waals surface area contributed by atoms with Gasteiger partial charge in [0.1, 0.15) is 17.2 Å². The molecule has 1 saturated heterocycles. The highest BCUT2D eigenvalue weighted by atomic mass is 35.5. The Morgan fingerprint density at radius 3 is 2.63 bits per heavy atom. The van der Waals surface area contributed by atoms with Crippen LogP contribution in [-0.4, -0.2) is 46.9 Å². The number of nitrogens with zero attached hydrogens (tertiary/aromatic N) is 3. The fourth-order valence-electron chi connectivity index (χ4n) is 4.07. The van der Waals surface area contributed by atoms with Gasteiger partial charge in [-0.2, -0.15) is 0 Å². The van der Waals surface area contributed by atoms with E-state index in [1.54, 1.807) is 23.1 Å². The molecule has 0 unspecified atom stereocenters. The van der Waals surface area contributed by atoms with Gasteiger partial charge in [0.25, 0.3) is 5.91 Å². The van der Waals surface area contributed by atoms with Gasteiger partial charge in [-0.05, 0) is 75.6 Å². The Kier molecular flexibility index (Phi) is 6.93. The summed E-state index contributed by atoms with van der Waals surface area (Å²) in [7, 11) is 0. The molecule has 3 heterocycles. The molecule has 2 aromatic rings. The molecule has 5 nitrogen and oxygen atoms in total. The number of likely N-dealkylation sites (tertiary alicyclic amines) is 1. The summed E-state index contributed by atoms with van der Waals surface area (Å²) in [6, 6.07) is 11.2. The van der Waals surface area contributed by atoms with Crippen LogP contribution in [0.1, 0.15) is 47.7 Å². The van der Waals surface area contributed by atoms with Crippen molar-refractivity contribution >= 4 is 29.1 Å². The molecule has 0 bridgehead atoms. The number of fused-ring (bicyclic) bond motifs is 1. The lowest BCUT2D eigenvalue weighted by molar-refractivity contribution is 0.0814. The van der Waals surface area contributed by atoms with E-state index in [1.807, 2.05) is 12.3 Å². The zero-order valence-corrected chi connectivity index (χ0v) is 18.3. The number of unbranched alkanes of at least 4 members (excludes halogenated alkanes) is 1. The van der Waals surface area contributed by atoms with Gasteiger partial charge in [0.2, 0.25) is 0 Å². The van der Waals surface area contributed by atoms with Crippen molar-refractivity contribution in [2.24, 2.45) is 0 Å². The Labute approximate surface area is 187 Å². The van der Waals surface area contributed by atoms with Crippen molar-refractivity contribution in [3.8, 4) is 5.75 Å². The summed E-state index contributed by atoms with van der Waals surface area (Å²) in [4.78, 5) is 21.5. The molecule has 1 fully saturated rings. The standard InChI is InChI=1S/C23H25Cl2N3O2/c24-18-6-7-21-19(15-18)23(29)28(22(25)16-30-21)12-4-3-11-27-13-8-17(9-14-27)20-5-1-2-10-26-20/h1-2,5-7,10,15-17H,3-4,8-9,11-14H2. The van der Waals surface area contributed by atoms with Crippen molar-refractivity contribution < 1.29 is 9.53 Å². The van der Waals surface area contributed by atoms with Gasteiger partial charge in [-0.3, -0.25) is 14.7 Å². The van der Waals surface area contributed by atoms with Gasteiger partial charge < -0.3 is 9.64 Å². The maximum absolute atomic E-state index is 12.9. The third-order valence-electron chi connectivity index (χ3n) is 5.76. The summed E-state index contributed by atoms with van der Waals surface area (Å²) in [5.41, 5.74) is 1.65. The second-order valence-electron chi connectivity index (χ2n) is 7.73. The first-order valence-corrected chi connectivity index (χ1v) is 11.1. The molecule has 158 valence electrons. The average Bonchev–Trinajstić information content (AvgIpc) is 2.89. The van der Waals surface area contributed by atoms with Crippen molar-refractivity contribution in [2.75, 3.05) is 26.2 Å². The monoisotopic (exact) mass is 445 g/mol. The number of ether oxygens (including phenoxy) is 1. The molecule has 0 atom stereocenters. The Morgan fingerprint density at radius 1 is 1.07 bits per heavy atom. The molecule has 2 aliphatic rings. The first kappa shape index (κ1) is 21.2. The van der Waals surface area contributed by atoms with Crippen molar-refractivity contribution in [3.63, 3.8) is 0 Å². The third-order valence-corrected chi connectivity index (χ3v) is 6.29. The van der Waals surface area contributed by atoms with E-state index in [-0.39, 0.29) is 5.91 Å². The summed E-state index contributed by atoms with van der Waals surface area (Å²) in [5.74, 6) is 0.858. The van der Waals surface area contributed by atoms with E-state index in [0.29, 0.717) is 34.0 Å². The minimum Gasteiger partial charge on any atom is -0.461 e. The van der Waals surface area contributed by atoms with Crippen LogP contribution in [0.25, 0.3) is 0 Å². The van der Waals surface area contributed by atoms with Gasteiger partial charge in [-0.15, -0.1) is 0 Å². The molecule has 2 aliphatic heterocycles. The Balaban J connectivity index is 1.25. The summed E-state index contributed by atoms with van der Waals surface area (Å²) in [6.07, 6.45) is 7.46. The van der Waals surface area contributed by atoms with Crippen LogP contribution in [0.15, 0.2) is 54.0 Å². The molecular weight excluding hydrogens is 421 g/mol. The van der Waals surface area contributed by atoms with E-state index in [0.717, 1.165) is 45.3 Å². The molecule has 1 amide bonds. The minimum absolute atomic E-state index is 0.178. The largest absolute Gasteiger partial charge is 0.461 e. The number of carbonyl (C=O) groups is 1. The summed E-state index contributed by atoms with van der Waals surface area (Å²) in [6.45, 7) is 3.75. The van der Waals surface area contributed by atoms with Crippen LogP contribution in [0.4, 0.5) is 0 Å². The number of rotatable bonds is 6. The highest BCUT2D eigenvalue weighted by Gasteiger charge is 2.26. The Bertz CT molecular complexity index is 912. The van der Waals surface area contributed by atoms with Crippen LogP contribution in [-0.2, 0) is 0 Å². The van der Waals surface area contributed by atoms with Crippen molar-refractivity contribution in [2.45, 2.75) is 31.6 Å². The SMILES string of the molecule is O=C1c2cc(Cl)ccc2OC=C(Cl)N1CCCCN1CCC(c2ccccn2)CC1. The maximum Gasteiger partial charge on any atom is 0.262 e. The number of halogens is 2. The van der Waals surface area contributed by atoms with Crippen LogP contribution in [0.5, 0.6) is 5.75 Å². The summed E-state index contributed by atoms with van der Waals surface area (Å²) in [5, 5.41) is 0.793. The fourth-order valence-corrected chi connectivity index (χ4v) is 4.45. The van der Waals surface area contributed by atoms with Crippen LogP contribution >= 0.6 is 23.2 Å². The lowest BCUT2D eigenvalue weighted by Gasteiger charge is -2.31. The van der Waals surface area contributed by atoms with Crippen molar-refractivity contribution in [3.05, 3.63) is 70.3 Å². The van der Waals surface area contributed by atoms with E-state index in [4.69, 9.17) is 27.9 Å². The van der Waals surface area contributed by atoms with E-state index >= 15 is 0 Å². The van der Waals surface area contributed by atoms with E-state index in [2.05, 4.69) is 22.0 Å². The van der Waals surface area contributed by atoms with Crippen molar-refractivity contribution in [1.29, 1.82) is 0 Å². The molecule has 0 aliphatic carbocycles. The average molecular weight is 446 g/mol. The van der Waals surface area contributed by atoms with Gasteiger partial charge in [0, 0.05) is 29.4 Å². The van der Waals surface area contributed by atoms with E-state index in [1.165, 1.54) is 12.0 Å². The predicted molar refractivity (Wildman–Crippen MR) is 119 cm³/mol. The second-order valence-corrected chi connectivity index (χ2v) is 8.56. The fraction of sp³-hybridized carbons (Fsp3) is 0.391. The minimum atomic E-state index is -0.178. The normalized spacial score (nSPS) is 17.9. The molecule has 0 radical (unpaired) electrons. The second kappa shape index (κ2) is 9.82. The van der Waals surface area contributed by atoms with Gasteiger partial charge in [-0.1, -0.05) is 29.3 Å². The number of piperidine rings is 1. The quantitative estimate of drug-likeness (QED) is 0.448. The molecule has 0 spiro atoms. The van der Waals surface area contributed by atoms with Gasteiger partial charge in [0.05, 0.1) is 5.56 Å². The number of pyridine rings is 1. The first-order chi connectivity index (χ1) is 14.6. The van der Waals surface area contributed by atoms with Gasteiger partial charge in [-0.25, -0.2) is 0 Å². The van der Waals surface area contributed by atoms with E-state index < -0.39 is 0 Å². The Hall–Kier alpha value is -2.08. The van der Waals surface area contributed by atoms with Gasteiger partial charge in [0.15, 0.2) is 0 Å². The lowest BCUT2D eigenvalue weighted by Crippen LogP contribution is -2.34. The lowest BCUT2D eigenvalue weighted by atomic mass is 9.93. The topological polar surface area (TPSA) is 45.7 Å². The van der Waals surface area contributed by atoms with Crippen molar-refractivity contribution in [1.82, 2.24) is 14.8 Å². The van der Waals surface area contributed by atoms with E-state index in [9.17, 15) is 4.79 Å². The number of hydrogen-bond acceptors (Lipinski definition) is 4. The molecule has 1 aromatic heterocycles. The molecule has 0 saturated carbocycles. The number of aromatic nitrogens is 1. The van der Waals surface area contributed by atoms with Crippen LogP contribution in [0, 0.1) is 0 Å². The highest BCUT2D eigenvalue weighted by Crippen LogP contribution is 2.30. The molecule has 7 heteroatoms. The summed E-state index contributed by atoms with van der Waals surface area (Å²) < 4.78 is 5.54. The summed E-state index contributed by atoms with van der Waals surface area (Å²) >= 11 is 12.4. The van der Waals surface area contributed by atoms with Gasteiger partial charge >= 0.3 is 0 Å². The Morgan fingerprint density at radius 2 is 1.87 bits per heavy atom. The molecule has 30 heavy (non-hydrogen) atoms.